The number of ether oxygens (including phenoxy) is 1. The molecule has 1 fully saturated rings. The summed E-state index contributed by atoms with van der Waals surface area (Å²) in [5.41, 5.74) is 7.57. The molecular formula is C15H26N6O4. The maximum absolute atomic E-state index is 11.9. The number of carbonyl (C=O) groups excluding carboxylic acids is 3. The Balaban J connectivity index is 2.23. The number of azide groups is 1. The van der Waals surface area contributed by atoms with E-state index in [1.165, 1.54) is 0 Å². The maximum Gasteiger partial charge on any atom is 0.408 e. The molecule has 10 nitrogen and oxygen atoms in total. The van der Waals surface area contributed by atoms with Crippen molar-refractivity contribution >= 4 is 17.9 Å². The number of nitrogens with one attached hydrogen (secondary N) is 3. The van der Waals surface area contributed by atoms with Crippen LogP contribution in [0.2, 0.25) is 0 Å². The summed E-state index contributed by atoms with van der Waals surface area (Å²) in [5, 5.41) is 11.3. The highest BCUT2D eigenvalue weighted by molar-refractivity contribution is 5.82. The highest BCUT2D eigenvalue weighted by atomic mass is 16.6. The van der Waals surface area contributed by atoms with Crippen LogP contribution in [-0.4, -0.2) is 48.7 Å². The van der Waals surface area contributed by atoms with Gasteiger partial charge in [0.05, 0.1) is 0 Å². The van der Waals surface area contributed by atoms with Crippen molar-refractivity contribution in [1.29, 1.82) is 0 Å². The van der Waals surface area contributed by atoms with Crippen LogP contribution in [-0.2, 0) is 14.3 Å². The van der Waals surface area contributed by atoms with Gasteiger partial charge in [-0.25, -0.2) is 4.79 Å². The number of amides is 3. The van der Waals surface area contributed by atoms with E-state index in [0.717, 1.165) is 25.7 Å². The van der Waals surface area contributed by atoms with Gasteiger partial charge < -0.3 is 20.7 Å². The average molecular weight is 354 g/mol. The van der Waals surface area contributed by atoms with Crippen LogP contribution in [0.25, 0.3) is 10.4 Å². The Morgan fingerprint density at radius 1 is 1.08 bits per heavy atom. The minimum Gasteiger partial charge on any atom is -0.444 e. The van der Waals surface area contributed by atoms with E-state index in [1.54, 1.807) is 20.8 Å². The number of hydrogen-bond donors (Lipinski definition) is 3. The minimum absolute atomic E-state index is 0.0122. The van der Waals surface area contributed by atoms with Gasteiger partial charge in [0.1, 0.15) is 18.7 Å². The fourth-order valence-corrected chi connectivity index (χ4v) is 2.50. The van der Waals surface area contributed by atoms with Crippen LogP contribution in [0.5, 0.6) is 0 Å². The topological polar surface area (TPSA) is 145 Å². The van der Waals surface area contributed by atoms with Gasteiger partial charge in [-0.1, -0.05) is 5.11 Å². The van der Waals surface area contributed by atoms with E-state index in [0.29, 0.717) is 0 Å². The van der Waals surface area contributed by atoms with Crippen molar-refractivity contribution in [2.24, 2.45) is 5.11 Å². The lowest BCUT2D eigenvalue weighted by atomic mass is 9.91. The zero-order chi connectivity index (χ0) is 18.9. The summed E-state index contributed by atoms with van der Waals surface area (Å²) in [5.74, 6) is -0.575. The Labute approximate surface area is 146 Å². The van der Waals surface area contributed by atoms with E-state index in [-0.39, 0.29) is 37.0 Å². The van der Waals surface area contributed by atoms with Crippen molar-refractivity contribution < 1.29 is 19.1 Å². The molecule has 3 N–H and O–H groups in total. The smallest absolute Gasteiger partial charge is 0.408 e. The summed E-state index contributed by atoms with van der Waals surface area (Å²) < 4.78 is 5.06. The second-order valence-electron chi connectivity index (χ2n) is 6.93. The van der Waals surface area contributed by atoms with Gasteiger partial charge in [-0.3, -0.25) is 9.59 Å². The summed E-state index contributed by atoms with van der Waals surface area (Å²) in [7, 11) is 0. The molecule has 1 saturated carbocycles. The Morgan fingerprint density at radius 2 is 1.60 bits per heavy atom. The fourth-order valence-electron chi connectivity index (χ4n) is 2.50. The molecule has 10 heteroatoms. The van der Waals surface area contributed by atoms with Gasteiger partial charge in [-0.05, 0) is 52.0 Å². The molecule has 0 bridgehead atoms. The molecule has 0 atom stereocenters. The largest absolute Gasteiger partial charge is 0.444 e. The van der Waals surface area contributed by atoms with E-state index in [4.69, 9.17) is 10.3 Å². The van der Waals surface area contributed by atoms with Crippen molar-refractivity contribution in [1.82, 2.24) is 16.0 Å². The van der Waals surface area contributed by atoms with Crippen LogP contribution in [0.4, 0.5) is 4.79 Å². The molecule has 0 radical (unpaired) electrons. The molecule has 0 spiro atoms. The minimum atomic E-state index is -0.630. The lowest BCUT2D eigenvalue weighted by Crippen LogP contribution is -2.47. The van der Waals surface area contributed by atoms with E-state index in [9.17, 15) is 14.4 Å². The Morgan fingerprint density at radius 3 is 2.08 bits per heavy atom. The molecule has 0 heterocycles. The molecule has 0 saturated heterocycles. The third kappa shape index (κ3) is 9.41. The van der Waals surface area contributed by atoms with Crippen molar-refractivity contribution in [3.05, 3.63) is 10.4 Å². The van der Waals surface area contributed by atoms with Crippen molar-refractivity contribution in [2.45, 2.75) is 64.1 Å². The van der Waals surface area contributed by atoms with Crippen molar-refractivity contribution in [3.8, 4) is 0 Å². The van der Waals surface area contributed by atoms with E-state index >= 15 is 0 Å². The van der Waals surface area contributed by atoms with Gasteiger partial charge in [0.15, 0.2) is 0 Å². The summed E-state index contributed by atoms with van der Waals surface area (Å²) in [6, 6.07) is 0.0349. The zero-order valence-corrected chi connectivity index (χ0v) is 14.9. The normalized spacial score (nSPS) is 20.0. The van der Waals surface area contributed by atoms with Crippen LogP contribution in [0, 0.1) is 0 Å². The molecule has 3 amide bonds. The Kier molecular flexibility index (Phi) is 8.00. The second-order valence-corrected chi connectivity index (χ2v) is 6.93. The molecule has 1 aliphatic carbocycles. The van der Waals surface area contributed by atoms with Gasteiger partial charge in [0, 0.05) is 17.0 Å². The average Bonchev–Trinajstić information content (AvgIpc) is 2.51. The number of nitrogens with zero attached hydrogens (tertiary/aromatic N) is 3. The van der Waals surface area contributed by atoms with Crippen LogP contribution in [0.1, 0.15) is 46.5 Å². The first-order valence-electron chi connectivity index (χ1n) is 8.26. The Hall–Kier alpha value is -2.48. The predicted octanol–water partition coefficient (Wildman–Crippen LogP) is 1.37. The molecule has 0 aliphatic heterocycles. The molecule has 0 aromatic heterocycles. The Bertz CT molecular complexity index is 531. The molecule has 25 heavy (non-hydrogen) atoms. The molecular weight excluding hydrogens is 328 g/mol. The van der Waals surface area contributed by atoms with Gasteiger partial charge in [0.25, 0.3) is 0 Å². The lowest BCUT2D eigenvalue weighted by Gasteiger charge is -2.29. The van der Waals surface area contributed by atoms with Crippen molar-refractivity contribution in [2.75, 3.05) is 13.1 Å². The monoisotopic (exact) mass is 354 g/mol. The number of rotatable bonds is 6. The van der Waals surface area contributed by atoms with Crippen molar-refractivity contribution in [3.63, 3.8) is 0 Å². The molecule has 0 aromatic carbocycles. The summed E-state index contributed by atoms with van der Waals surface area (Å²) >= 11 is 0. The third-order valence-electron chi connectivity index (χ3n) is 3.53. The van der Waals surface area contributed by atoms with Gasteiger partial charge in [-0.15, -0.1) is 0 Å². The highest BCUT2D eigenvalue weighted by Crippen LogP contribution is 2.18. The quantitative estimate of drug-likeness (QED) is 0.375. The maximum atomic E-state index is 11.9. The van der Waals surface area contributed by atoms with Gasteiger partial charge >= 0.3 is 6.09 Å². The summed E-state index contributed by atoms with van der Waals surface area (Å²) in [6.07, 6.45) is 2.28. The standard InChI is InChI=1S/C15H26N6O4/c1-15(2,3)25-14(24)17-8-12(22)19-10-4-6-11(7-5-10)20-13(23)9-18-21-16/h10-11H,4-9H2,1-3H3,(H,17,24)(H,19,22)(H,20,23). The highest BCUT2D eigenvalue weighted by Gasteiger charge is 2.23. The molecule has 1 rings (SSSR count). The van der Waals surface area contributed by atoms with Crippen LogP contribution < -0.4 is 16.0 Å². The number of carbonyl (C=O) groups is 3. The molecule has 140 valence electrons. The van der Waals surface area contributed by atoms with Crippen LogP contribution >= 0.6 is 0 Å². The van der Waals surface area contributed by atoms with Gasteiger partial charge in [-0.2, -0.15) is 0 Å². The fraction of sp³-hybridized carbons (Fsp3) is 0.800. The predicted molar refractivity (Wildman–Crippen MR) is 90.6 cm³/mol. The summed E-state index contributed by atoms with van der Waals surface area (Å²) in [4.78, 5) is 37.4. The first kappa shape index (κ1) is 20.6. The molecule has 1 aliphatic rings. The van der Waals surface area contributed by atoms with Crippen LogP contribution in [0.15, 0.2) is 5.11 Å². The number of alkyl carbamates (subject to hydrolysis) is 1. The van der Waals surface area contributed by atoms with E-state index in [1.807, 2.05) is 0 Å². The zero-order valence-electron chi connectivity index (χ0n) is 14.9. The SMILES string of the molecule is CC(C)(C)OC(=O)NCC(=O)NC1CCC(NC(=O)CN=[N+]=[N-])CC1. The van der Waals surface area contributed by atoms with E-state index in [2.05, 4.69) is 26.0 Å². The molecule has 0 unspecified atom stereocenters. The first-order chi connectivity index (χ1) is 11.7. The number of hydrogen-bond acceptors (Lipinski definition) is 5. The molecule has 0 aromatic rings. The second kappa shape index (κ2) is 9.73. The van der Waals surface area contributed by atoms with E-state index < -0.39 is 11.7 Å². The van der Waals surface area contributed by atoms with Gasteiger partial charge in [0.2, 0.25) is 11.8 Å². The summed E-state index contributed by atoms with van der Waals surface area (Å²) in [6.45, 7) is 4.89. The first-order valence-corrected chi connectivity index (χ1v) is 8.26. The third-order valence-corrected chi connectivity index (χ3v) is 3.53. The van der Waals surface area contributed by atoms with Crippen LogP contribution in [0.3, 0.4) is 0 Å². The lowest BCUT2D eigenvalue weighted by molar-refractivity contribution is -0.122.